The van der Waals surface area contributed by atoms with Crippen LogP contribution in [0.4, 0.5) is 13.2 Å². The Morgan fingerprint density at radius 3 is 2.53 bits per heavy atom. The molecule has 0 bridgehead atoms. The van der Waals surface area contributed by atoms with Crippen LogP contribution in [0.2, 0.25) is 0 Å². The van der Waals surface area contributed by atoms with Gasteiger partial charge in [0.25, 0.3) is 5.82 Å². The SMILES string of the molecule is CCNC1(c2nc(C(F)(F)F)no2)CC1. The van der Waals surface area contributed by atoms with Crippen LogP contribution in [-0.4, -0.2) is 16.7 Å². The van der Waals surface area contributed by atoms with Crippen molar-refractivity contribution < 1.29 is 17.7 Å². The minimum Gasteiger partial charge on any atom is -0.337 e. The van der Waals surface area contributed by atoms with E-state index in [1.165, 1.54) is 0 Å². The van der Waals surface area contributed by atoms with Crippen molar-refractivity contribution in [3.05, 3.63) is 11.7 Å². The first-order valence-corrected chi connectivity index (χ1v) is 4.64. The van der Waals surface area contributed by atoms with Crippen molar-refractivity contribution in [3.63, 3.8) is 0 Å². The van der Waals surface area contributed by atoms with E-state index in [4.69, 9.17) is 0 Å². The highest BCUT2D eigenvalue weighted by Gasteiger charge is 2.50. The minimum absolute atomic E-state index is 0.0386. The van der Waals surface area contributed by atoms with Gasteiger partial charge in [-0.1, -0.05) is 12.1 Å². The van der Waals surface area contributed by atoms with Gasteiger partial charge in [-0.3, -0.25) is 0 Å². The van der Waals surface area contributed by atoms with Gasteiger partial charge in [0, 0.05) is 0 Å². The molecule has 1 saturated carbocycles. The molecule has 84 valence electrons. The van der Waals surface area contributed by atoms with Crippen LogP contribution in [-0.2, 0) is 11.7 Å². The molecule has 0 unspecified atom stereocenters. The van der Waals surface area contributed by atoms with Crippen molar-refractivity contribution in [2.24, 2.45) is 0 Å². The summed E-state index contributed by atoms with van der Waals surface area (Å²) in [6.07, 6.45) is -3.06. The number of rotatable bonds is 3. The maximum atomic E-state index is 12.2. The monoisotopic (exact) mass is 221 g/mol. The third-order valence-corrected chi connectivity index (χ3v) is 2.35. The molecule has 0 atom stereocenters. The molecular formula is C8H10F3N3O. The highest BCUT2D eigenvalue weighted by Crippen LogP contribution is 2.45. The summed E-state index contributed by atoms with van der Waals surface area (Å²) >= 11 is 0. The first-order valence-electron chi connectivity index (χ1n) is 4.64. The Balaban J connectivity index is 2.21. The van der Waals surface area contributed by atoms with Crippen molar-refractivity contribution in [3.8, 4) is 0 Å². The summed E-state index contributed by atoms with van der Waals surface area (Å²) in [4.78, 5) is 3.37. The van der Waals surface area contributed by atoms with Crippen molar-refractivity contribution in [2.45, 2.75) is 31.5 Å². The molecule has 0 aromatic carbocycles. The van der Waals surface area contributed by atoms with E-state index in [1.54, 1.807) is 0 Å². The summed E-state index contributed by atoms with van der Waals surface area (Å²) in [5.74, 6) is -1.17. The lowest BCUT2D eigenvalue weighted by Gasteiger charge is -2.09. The predicted octanol–water partition coefficient (Wildman–Crippen LogP) is 1.69. The summed E-state index contributed by atoms with van der Waals surface area (Å²) in [7, 11) is 0. The summed E-state index contributed by atoms with van der Waals surface area (Å²) in [6.45, 7) is 2.53. The number of nitrogens with one attached hydrogen (secondary N) is 1. The van der Waals surface area contributed by atoms with Crippen LogP contribution in [0, 0.1) is 0 Å². The third kappa shape index (κ3) is 1.83. The van der Waals surface area contributed by atoms with Gasteiger partial charge in [0.15, 0.2) is 0 Å². The Kier molecular flexibility index (Phi) is 2.22. The van der Waals surface area contributed by atoms with Gasteiger partial charge in [0.2, 0.25) is 5.89 Å². The fourth-order valence-electron chi connectivity index (χ4n) is 1.46. The van der Waals surface area contributed by atoms with Crippen LogP contribution in [0.25, 0.3) is 0 Å². The van der Waals surface area contributed by atoms with E-state index >= 15 is 0 Å². The van der Waals surface area contributed by atoms with Gasteiger partial charge in [0.1, 0.15) is 0 Å². The van der Waals surface area contributed by atoms with Crippen LogP contribution in [0.5, 0.6) is 0 Å². The molecule has 1 aromatic heterocycles. The van der Waals surface area contributed by atoms with Crippen LogP contribution >= 0.6 is 0 Å². The molecule has 7 heteroatoms. The zero-order valence-corrected chi connectivity index (χ0v) is 8.06. The van der Waals surface area contributed by atoms with Gasteiger partial charge >= 0.3 is 6.18 Å². The summed E-state index contributed by atoms with van der Waals surface area (Å²) in [5.41, 5.74) is -0.509. The van der Waals surface area contributed by atoms with Gasteiger partial charge < -0.3 is 9.84 Å². The highest BCUT2D eigenvalue weighted by atomic mass is 19.4. The first-order chi connectivity index (χ1) is 6.98. The zero-order chi connectivity index (χ0) is 11.1. The lowest BCUT2D eigenvalue weighted by molar-refractivity contribution is -0.146. The topological polar surface area (TPSA) is 51.0 Å². The maximum Gasteiger partial charge on any atom is 0.455 e. The van der Waals surface area contributed by atoms with Gasteiger partial charge in [-0.25, -0.2) is 0 Å². The second kappa shape index (κ2) is 3.19. The molecule has 4 nitrogen and oxygen atoms in total. The van der Waals surface area contributed by atoms with E-state index < -0.39 is 17.5 Å². The van der Waals surface area contributed by atoms with Crippen LogP contribution < -0.4 is 5.32 Å². The largest absolute Gasteiger partial charge is 0.455 e. The Hall–Kier alpha value is -1.11. The third-order valence-electron chi connectivity index (χ3n) is 2.35. The number of alkyl halides is 3. The molecule has 0 radical (unpaired) electrons. The van der Waals surface area contributed by atoms with E-state index in [0.717, 1.165) is 12.8 Å². The van der Waals surface area contributed by atoms with Crippen LogP contribution in [0.3, 0.4) is 0 Å². The van der Waals surface area contributed by atoms with Crippen molar-refractivity contribution >= 4 is 0 Å². The van der Waals surface area contributed by atoms with E-state index in [9.17, 15) is 13.2 Å². The lowest BCUT2D eigenvalue weighted by Crippen LogP contribution is -2.29. The molecule has 0 amide bonds. The number of aromatic nitrogens is 2. The lowest BCUT2D eigenvalue weighted by atomic mass is 10.2. The van der Waals surface area contributed by atoms with Crippen LogP contribution in [0.1, 0.15) is 31.5 Å². The van der Waals surface area contributed by atoms with E-state index in [2.05, 4.69) is 20.0 Å². The molecule has 1 aromatic rings. The first kappa shape index (κ1) is 10.4. The molecule has 1 fully saturated rings. The average Bonchev–Trinajstić information content (AvgIpc) is 2.75. The normalized spacial score (nSPS) is 19.2. The number of hydrogen-bond acceptors (Lipinski definition) is 4. The molecule has 0 spiro atoms. The molecule has 0 saturated heterocycles. The molecule has 2 rings (SSSR count). The average molecular weight is 221 g/mol. The van der Waals surface area contributed by atoms with Crippen molar-refractivity contribution in [1.29, 1.82) is 0 Å². The molecule has 15 heavy (non-hydrogen) atoms. The molecule has 1 aliphatic carbocycles. The van der Waals surface area contributed by atoms with E-state index in [0.29, 0.717) is 6.54 Å². The van der Waals surface area contributed by atoms with Gasteiger partial charge in [0.05, 0.1) is 5.54 Å². The van der Waals surface area contributed by atoms with Gasteiger partial charge in [-0.05, 0) is 19.4 Å². The van der Waals surface area contributed by atoms with E-state index in [-0.39, 0.29) is 5.89 Å². The standard InChI is InChI=1S/C8H10F3N3O/c1-2-12-7(3-4-7)6-13-5(14-15-6)8(9,10)11/h12H,2-4H2,1H3. The Labute approximate surface area is 83.8 Å². The quantitative estimate of drug-likeness (QED) is 0.843. The Morgan fingerprint density at radius 2 is 2.13 bits per heavy atom. The van der Waals surface area contributed by atoms with Crippen LogP contribution in [0.15, 0.2) is 4.52 Å². The smallest absolute Gasteiger partial charge is 0.337 e. The second-order valence-electron chi connectivity index (χ2n) is 3.53. The van der Waals surface area contributed by atoms with Gasteiger partial charge in [-0.15, -0.1) is 0 Å². The predicted molar refractivity (Wildman–Crippen MR) is 43.9 cm³/mol. The minimum atomic E-state index is -4.54. The fourth-order valence-corrected chi connectivity index (χ4v) is 1.46. The number of halogens is 3. The molecular weight excluding hydrogens is 211 g/mol. The second-order valence-corrected chi connectivity index (χ2v) is 3.53. The summed E-state index contributed by atoms with van der Waals surface area (Å²) < 4.78 is 41.2. The summed E-state index contributed by atoms with van der Waals surface area (Å²) in [5, 5.41) is 5.98. The van der Waals surface area contributed by atoms with Gasteiger partial charge in [-0.2, -0.15) is 18.2 Å². The highest BCUT2D eigenvalue weighted by molar-refractivity contribution is 5.14. The zero-order valence-electron chi connectivity index (χ0n) is 8.06. The van der Waals surface area contributed by atoms with E-state index in [1.807, 2.05) is 6.92 Å². The summed E-state index contributed by atoms with van der Waals surface area (Å²) in [6, 6.07) is 0. The van der Waals surface area contributed by atoms with Crippen molar-refractivity contribution in [2.75, 3.05) is 6.54 Å². The molecule has 1 aliphatic rings. The maximum absolute atomic E-state index is 12.2. The molecule has 0 aliphatic heterocycles. The Morgan fingerprint density at radius 1 is 1.47 bits per heavy atom. The number of nitrogens with zero attached hydrogens (tertiary/aromatic N) is 2. The number of hydrogen-bond donors (Lipinski definition) is 1. The molecule has 1 N–H and O–H groups in total. The van der Waals surface area contributed by atoms with Crippen molar-refractivity contribution in [1.82, 2.24) is 15.5 Å². The Bertz CT molecular complexity index is 356. The molecule has 1 heterocycles. The fraction of sp³-hybridized carbons (Fsp3) is 0.750.